The van der Waals surface area contributed by atoms with Gasteiger partial charge in [0.15, 0.2) is 6.73 Å². The zero-order valence-electron chi connectivity index (χ0n) is 21.8. The van der Waals surface area contributed by atoms with E-state index in [1.807, 2.05) is 47.8 Å². The van der Waals surface area contributed by atoms with Crippen LogP contribution in [0.4, 0.5) is 17.3 Å². The van der Waals surface area contributed by atoms with Gasteiger partial charge in [-0.2, -0.15) is 5.10 Å². The number of fused-ring (bicyclic) bond motifs is 1. The number of anilines is 3. The number of rotatable bonds is 8. The molecule has 0 saturated carbocycles. The topological polar surface area (TPSA) is 119 Å². The molecule has 0 unspecified atom stereocenters. The minimum Gasteiger partial charge on any atom is -0.473 e. The average Bonchev–Trinajstić information content (AvgIpc) is 3.57. The van der Waals surface area contributed by atoms with Gasteiger partial charge in [-0.25, -0.2) is 9.97 Å². The number of carbonyl (C=O) groups is 2. The van der Waals surface area contributed by atoms with Gasteiger partial charge in [0, 0.05) is 48.2 Å². The molecule has 0 aliphatic carbocycles. The van der Waals surface area contributed by atoms with E-state index in [0.29, 0.717) is 34.5 Å². The van der Waals surface area contributed by atoms with Crippen LogP contribution in [0.15, 0.2) is 61.1 Å². The largest absolute Gasteiger partial charge is 0.473 e. The summed E-state index contributed by atoms with van der Waals surface area (Å²) in [5.74, 6) is 0.417. The number of nitrogens with two attached hydrogens (primary N) is 1. The Morgan fingerprint density at radius 1 is 1.15 bits per heavy atom. The lowest BCUT2D eigenvalue weighted by molar-refractivity contribution is -0.116. The summed E-state index contributed by atoms with van der Waals surface area (Å²) in [5, 5.41) is 4.82. The monoisotopic (exact) mass is 545 g/mol. The SMILES string of the molecule is CC(=O)N1CCc2cc(N(COc3ccc(C(N)=O)cc3)c3ncc(Cl)c(-c4cnn(C(C)C)c4)n3)ccc21. The summed E-state index contributed by atoms with van der Waals surface area (Å²) in [5.41, 5.74) is 9.80. The maximum Gasteiger partial charge on any atom is 0.248 e. The summed E-state index contributed by atoms with van der Waals surface area (Å²) in [7, 11) is 0. The Kier molecular flexibility index (Phi) is 7.21. The molecule has 2 N–H and O–H groups in total. The molecule has 2 aromatic carbocycles. The lowest BCUT2D eigenvalue weighted by atomic mass is 10.1. The number of carbonyl (C=O) groups excluding carboxylic acids is 2. The Morgan fingerprint density at radius 3 is 2.59 bits per heavy atom. The molecule has 39 heavy (non-hydrogen) atoms. The molecule has 5 rings (SSSR count). The van der Waals surface area contributed by atoms with Crippen LogP contribution in [-0.2, 0) is 11.2 Å². The van der Waals surface area contributed by atoms with Gasteiger partial charge in [-0.15, -0.1) is 0 Å². The van der Waals surface area contributed by atoms with Crippen molar-refractivity contribution in [3.8, 4) is 17.0 Å². The number of amides is 2. The molecule has 0 spiro atoms. The van der Waals surface area contributed by atoms with Crippen molar-refractivity contribution in [2.45, 2.75) is 33.2 Å². The highest BCUT2D eigenvalue weighted by atomic mass is 35.5. The molecule has 200 valence electrons. The Labute approximate surface area is 231 Å². The zero-order chi connectivity index (χ0) is 27.7. The number of aromatic nitrogens is 4. The Hall–Kier alpha value is -4.44. The fraction of sp³-hybridized carbons (Fsp3) is 0.250. The molecule has 1 aliphatic rings. The molecule has 3 heterocycles. The lowest BCUT2D eigenvalue weighted by Gasteiger charge is -2.24. The molecule has 0 radical (unpaired) electrons. The van der Waals surface area contributed by atoms with Gasteiger partial charge < -0.3 is 15.4 Å². The van der Waals surface area contributed by atoms with Gasteiger partial charge in [-0.3, -0.25) is 19.2 Å². The quantitative estimate of drug-likeness (QED) is 0.317. The summed E-state index contributed by atoms with van der Waals surface area (Å²) in [6, 6.07) is 12.6. The minimum atomic E-state index is -0.510. The first-order valence-electron chi connectivity index (χ1n) is 12.5. The molecule has 0 atom stereocenters. The van der Waals surface area contributed by atoms with E-state index in [1.54, 1.807) is 48.5 Å². The molecule has 0 fully saturated rings. The first-order valence-corrected chi connectivity index (χ1v) is 12.9. The maximum atomic E-state index is 12.0. The Bertz CT molecular complexity index is 1530. The average molecular weight is 546 g/mol. The van der Waals surface area contributed by atoms with Crippen molar-refractivity contribution in [2.24, 2.45) is 5.73 Å². The van der Waals surface area contributed by atoms with Gasteiger partial charge in [0.2, 0.25) is 17.8 Å². The first-order chi connectivity index (χ1) is 18.7. The molecular weight excluding hydrogens is 518 g/mol. The first kappa shape index (κ1) is 26.2. The van der Waals surface area contributed by atoms with Gasteiger partial charge >= 0.3 is 0 Å². The fourth-order valence-corrected chi connectivity index (χ4v) is 4.62. The van der Waals surface area contributed by atoms with Gasteiger partial charge in [0.25, 0.3) is 0 Å². The van der Waals surface area contributed by atoms with Crippen LogP contribution in [0.3, 0.4) is 0 Å². The second kappa shape index (κ2) is 10.7. The molecule has 2 aromatic heterocycles. The van der Waals surface area contributed by atoms with E-state index in [4.69, 9.17) is 27.1 Å². The van der Waals surface area contributed by atoms with Crippen LogP contribution >= 0.6 is 11.6 Å². The van der Waals surface area contributed by atoms with Crippen LogP contribution in [0.2, 0.25) is 5.02 Å². The van der Waals surface area contributed by atoms with Crippen LogP contribution in [-0.4, -0.2) is 44.8 Å². The predicted molar refractivity (Wildman–Crippen MR) is 149 cm³/mol. The number of ether oxygens (including phenoxy) is 1. The molecule has 0 bridgehead atoms. The van der Waals surface area contributed by atoms with Gasteiger partial charge in [-0.1, -0.05) is 11.6 Å². The smallest absolute Gasteiger partial charge is 0.248 e. The van der Waals surface area contributed by atoms with Crippen molar-refractivity contribution in [3.05, 3.63) is 77.2 Å². The van der Waals surface area contributed by atoms with Crippen molar-refractivity contribution >= 4 is 40.7 Å². The molecule has 4 aromatic rings. The van der Waals surface area contributed by atoms with E-state index in [-0.39, 0.29) is 18.7 Å². The maximum absolute atomic E-state index is 12.0. The molecule has 11 heteroatoms. The second-order valence-electron chi connectivity index (χ2n) is 9.49. The normalized spacial score (nSPS) is 12.5. The van der Waals surface area contributed by atoms with Crippen LogP contribution < -0.4 is 20.3 Å². The third-order valence-electron chi connectivity index (χ3n) is 6.53. The highest BCUT2D eigenvalue weighted by Crippen LogP contribution is 2.35. The van der Waals surface area contributed by atoms with E-state index in [1.165, 1.54) is 0 Å². The molecule has 1 aliphatic heterocycles. The minimum absolute atomic E-state index is 0.00807. The van der Waals surface area contributed by atoms with Crippen molar-refractivity contribution in [1.29, 1.82) is 0 Å². The third-order valence-corrected chi connectivity index (χ3v) is 6.80. The van der Waals surface area contributed by atoms with Crippen LogP contribution in [0.5, 0.6) is 5.75 Å². The Morgan fingerprint density at radius 2 is 1.92 bits per heavy atom. The van der Waals surface area contributed by atoms with E-state index in [9.17, 15) is 9.59 Å². The van der Waals surface area contributed by atoms with Crippen LogP contribution in [0.1, 0.15) is 42.7 Å². The fourth-order valence-electron chi connectivity index (χ4n) is 4.42. The number of halogens is 1. The predicted octanol–water partition coefficient (Wildman–Crippen LogP) is 4.76. The number of benzene rings is 2. The van der Waals surface area contributed by atoms with Crippen molar-refractivity contribution in [3.63, 3.8) is 0 Å². The number of nitrogens with zero attached hydrogens (tertiary/aromatic N) is 6. The highest BCUT2D eigenvalue weighted by molar-refractivity contribution is 6.32. The van der Waals surface area contributed by atoms with Crippen LogP contribution in [0.25, 0.3) is 11.3 Å². The molecule has 10 nitrogen and oxygen atoms in total. The summed E-state index contributed by atoms with van der Waals surface area (Å²) in [6.45, 7) is 6.35. The molecular formula is C28H28ClN7O3. The van der Waals surface area contributed by atoms with E-state index < -0.39 is 5.91 Å². The van der Waals surface area contributed by atoms with Gasteiger partial charge in [0.1, 0.15) is 5.75 Å². The number of hydrogen-bond acceptors (Lipinski definition) is 7. The van der Waals surface area contributed by atoms with E-state index in [2.05, 4.69) is 10.1 Å². The summed E-state index contributed by atoms with van der Waals surface area (Å²) in [6.07, 6.45) is 5.93. The van der Waals surface area contributed by atoms with Crippen LogP contribution in [0, 0.1) is 0 Å². The van der Waals surface area contributed by atoms with Crippen molar-refractivity contribution in [1.82, 2.24) is 19.7 Å². The third kappa shape index (κ3) is 5.42. The lowest BCUT2D eigenvalue weighted by Crippen LogP contribution is -2.26. The van der Waals surface area contributed by atoms with Gasteiger partial charge in [-0.05, 0) is 68.3 Å². The zero-order valence-corrected chi connectivity index (χ0v) is 22.6. The number of hydrogen-bond donors (Lipinski definition) is 1. The van der Waals surface area contributed by atoms with Gasteiger partial charge in [0.05, 0.1) is 23.1 Å². The molecule has 0 saturated heterocycles. The summed E-state index contributed by atoms with van der Waals surface area (Å²) in [4.78, 5) is 36.4. The summed E-state index contributed by atoms with van der Waals surface area (Å²) >= 11 is 6.52. The van der Waals surface area contributed by atoms with E-state index >= 15 is 0 Å². The van der Waals surface area contributed by atoms with E-state index in [0.717, 1.165) is 28.9 Å². The highest BCUT2D eigenvalue weighted by Gasteiger charge is 2.25. The van der Waals surface area contributed by atoms with Crippen molar-refractivity contribution in [2.75, 3.05) is 23.1 Å². The number of primary amides is 1. The standard InChI is InChI=1S/C28H28ClN7O3/c1-17(2)36-15-21(13-32-36)26-24(29)14-31-28(33-26)35(16-39-23-7-4-19(5-8-23)27(30)38)22-6-9-25-20(12-22)10-11-34(25)18(3)37/h4-9,12-15,17H,10-11,16H2,1-3H3,(H2,30,38). The molecule has 2 amide bonds. The summed E-state index contributed by atoms with van der Waals surface area (Å²) < 4.78 is 7.92. The second-order valence-corrected chi connectivity index (χ2v) is 9.90. The van der Waals surface area contributed by atoms with Crippen molar-refractivity contribution < 1.29 is 14.3 Å². The Balaban J connectivity index is 1.51.